The number of benzene rings is 1. The molecule has 0 aliphatic heterocycles. The molecule has 0 spiro atoms. The van der Waals surface area contributed by atoms with Crippen LogP contribution in [0.15, 0.2) is 30.3 Å². The molecule has 1 unspecified atom stereocenters. The van der Waals surface area contributed by atoms with Crippen LogP contribution >= 0.6 is 0 Å². The third-order valence-corrected chi connectivity index (χ3v) is 2.55. The van der Waals surface area contributed by atoms with Crippen LogP contribution in [0.1, 0.15) is 31.6 Å². The summed E-state index contributed by atoms with van der Waals surface area (Å²) in [6.07, 6.45) is 0.891. The van der Waals surface area contributed by atoms with E-state index in [-0.39, 0.29) is 64.8 Å². The van der Waals surface area contributed by atoms with Crippen molar-refractivity contribution < 1.29 is 76.7 Å². The van der Waals surface area contributed by atoms with Crippen molar-refractivity contribution in [3.05, 3.63) is 35.9 Å². The Hall–Kier alpha value is -0.534. The van der Waals surface area contributed by atoms with E-state index < -0.39 is 23.8 Å². The van der Waals surface area contributed by atoms with Crippen LogP contribution in [-0.2, 0) is 19.1 Å². The topological polar surface area (TPSA) is 69.7 Å². The van der Waals surface area contributed by atoms with Crippen molar-refractivity contribution in [3.8, 4) is 0 Å². The third-order valence-electron chi connectivity index (χ3n) is 2.55. The van der Waals surface area contributed by atoms with Gasteiger partial charge in [-0.15, -0.1) is 0 Å². The van der Waals surface area contributed by atoms with E-state index >= 15 is 0 Å². The standard InChI is InChI=1S/C14H16O5.K.H/c1-3-7-11(13(16)18-2)14(17)19-12(15)10-8-5-4-6-9-10;;/h4-6,8-9,11H,3,7H2,1-2H3;;/q;+1;-1. The second-order valence-corrected chi connectivity index (χ2v) is 3.94. The summed E-state index contributed by atoms with van der Waals surface area (Å²) in [4.78, 5) is 34.9. The molecular weight excluding hydrogens is 287 g/mol. The van der Waals surface area contributed by atoms with E-state index in [9.17, 15) is 14.4 Å². The predicted molar refractivity (Wildman–Crippen MR) is 68.4 cm³/mol. The van der Waals surface area contributed by atoms with Crippen LogP contribution in [0.2, 0.25) is 0 Å². The van der Waals surface area contributed by atoms with Crippen LogP contribution in [0.3, 0.4) is 0 Å². The molecular formula is C14H17KO5. The molecule has 0 aromatic heterocycles. The molecule has 0 aliphatic rings. The number of rotatable bonds is 5. The van der Waals surface area contributed by atoms with Crippen LogP contribution in [0.5, 0.6) is 0 Å². The van der Waals surface area contributed by atoms with Gasteiger partial charge in [-0.2, -0.15) is 0 Å². The molecule has 0 heterocycles. The van der Waals surface area contributed by atoms with Crippen molar-refractivity contribution in [3.63, 3.8) is 0 Å². The maximum absolute atomic E-state index is 11.8. The minimum absolute atomic E-state index is 0. The SMILES string of the molecule is CCCC(C(=O)OC)C(=O)OC(=O)c1ccccc1.[H-].[K+]. The van der Waals surface area contributed by atoms with Gasteiger partial charge < -0.3 is 10.9 Å². The molecule has 1 aromatic rings. The van der Waals surface area contributed by atoms with Crippen molar-refractivity contribution in [2.75, 3.05) is 7.11 Å². The van der Waals surface area contributed by atoms with E-state index in [2.05, 4.69) is 4.74 Å². The number of methoxy groups -OCH3 is 1. The minimum atomic E-state index is -1.05. The molecule has 0 radical (unpaired) electrons. The zero-order valence-corrected chi connectivity index (χ0v) is 15.0. The van der Waals surface area contributed by atoms with Crippen LogP contribution in [0, 0.1) is 5.92 Å². The number of hydrogen-bond donors (Lipinski definition) is 0. The summed E-state index contributed by atoms with van der Waals surface area (Å²) in [5, 5.41) is 0. The molecule has 0 fully saturated rings. The normalized spacial score (nSPS) is 10.9. The molecule has 104 valence electrons. The number of carbonyl (C=O) groups excluding carboxylic acids is 3. The first kappa shape index (κ1) is 19.5. The molecule has 0 N–H and O–H groups in total. The van der Waals surface area contributed by atoms with E-state index in [1.165, 1.54) is 19.2 Å². The van der Waals surface area contributed by atoms with Crippen LogP contribution in [0.4, 0.5) is 0 Å². The fraction of sp³-hybridized carbons (Fsp3) is 0.357. The van der Waals surface area contributed by atoms with E-state index in [4.69, 9.17) is 4.74 Å². The summed E-state index contributed by atoms with van der Waals surface area (Å²) in [6, 6.07) is 8.12. The largest absolute Gasteiger partial charge is 1.00 e. The van der Waals surface area contributed by atoms with Crippen LogP contribution < -0.4 is 51.4 Å². The molecule has 0 bridgehead atoms. The van der Waals surface area contributed by atoms with Gasteiger partial charge in [-0.25, -0.2) is 4.79 Å². The fourth-order valence-electron chi connectivity index (χ4n) is 1.56. The van der Waals surface area contributed by atoms with E-state index in [0.717, 1.165) is 0 Å². The monoisotopic (exact) mass is 304 g/mol. The smallest absolute Gasteiger partial charge is 1.00 e. The van der Waals surface area contributed by atoms with E-state index in [1.54, 1.807) is 18.2 Å². The maximum Gasteiger partial charge on any atom is 1.00 e. The number of esters is 3. The van der Waals surface area contributed by atoms with Gasteiger partial charge in [-0.1, -0.05) is 31.5 Å². The Morgan fingerprint density at radius 3 is 2.25 bits per heavy atom. The summed E-state index contributed by atoms with van der Waals surface area (Å²) in [5.74, 6) is -3.38. The van der Waals surface area contributed by atoms with Crippen LogP contribution in [-0.4, -0.2) is 25.0 Å². The predicted octanol–water partition coefficient (Wildman–Crippen LogP) is -0.924. The Bertz CT molecular complexity index is 464. The molecule has 6 heteroatoms. The molecule has 0 aliphatic carbocycles. The van der Waals surface area contributed by atoms with Gasteiger partial charge in [0.25, 0.3) is 0 Å². The summed E-state index contributed by atoms with van der Waals surface area (Å²) < 4.78 is 9.22. The Labute approximate surface area is 161 Å². The second kappa shape index (κ2) is 10.2. The van der Waals surface area contributed by atoms with Crippen molar-refractivity contribution >= 4 is 17.9 Å². The van der Waals surface area contributed by atoms with E-state index in [0.29, 0.717) is 6.42 Å². The first-order valence-corrected chi connectivity index (χ1v) is 5.99. The van der Waals surface area contributed by atoms with Crippen molar-refractivity contribution in [1.82, 2.24) is 0 Å². The van der Waals surface area contributed by atoms with Gasteiger partial charge in [0.2, 0.25) is 0 Å². The number of hydrogen-bond acceptors (Lipinski definition) is 5. The molecule has 0 saturated carbocycles. The average molecular weight is 304 g/mol. The van der Waals surface area contributed by atoms with Crippen LogP contribution in [0.25, 0.3) is 0 Å². The van der Waals surface area contributed by atoms with Gasteiger partial charge in [-0.05, 0) is 18.6 Å². The Balaban J connectivity index is 0. The maximum atomic E-state index is 11.8. The second-order valence-electron chi connectivity index (χ2n) is 3.94. The molecule has 1 rings (SSSR count). The van der Waals surface area contributed by atoms with Crippen molar-refractivity contribution in [1.29, 1.82) is 0 Å². The third kappa shape index (κ3) is 5.84. The summed E-state index contributed by atoms with van der Waals surface area (Å²) >= 11 is 0. The Morgan fingerprint density at radius 2 is 1.75 bits per heavy atom. The fourth-order valence-corrected chi connectivity index (χ4v) is 1.56. The van der Waals surface area contributed by atoms with Gasteiger partial charge in [-0.3, -0.25) is 9.59 Å². The summed E-state index contributed by atoms with van der Waals surface area (Å²) in [5.41, 5.74) is 0.260. The molecule has 20 heavy (non-hydrogen) atoms. The summed E-state index contributed by atoms with van der Waals surface area (Å²) in [6.45, 7) is 1.82. The Morgan fingerprint density at radius 1 is 1.15 bits per heavy atom. The van der Waals surface area contributed by atoms with Gasteiger partial charge in [0, 0.05) is 0 Å². The zero-order valence-electron chi connectivity index (χ0n) is 12.9. The average Bonchev–Trinajstić information content (AvgIpc) is 2.44. The van der Waals surface area contributed by atoms with Crippen molar-refractivity contribution in [2.45, 2.75) is 19.8 Å². The van der Waals surface area contributed by atoms with Gasteiger partial charge in [0.15, 0.2) is 5.92 Å². The van der Waals surface area contributed by atoms with Crippen molar-refractivity contribution in [2.24, 2.45) is 5.92 Å². The first-order valence-electron chi connectivity index (χ1n) is 5.99. The molecule has 1 aromatic carbocycles. The molecule has 0 saturated heterocycles. The molecule has 0 amide bonds. The number of ether oxygens (including phenoxy) is 2. The summed E-state index contributed by atoms with van der Waals surface area (Å²) in [7, 11) is 1.19. The Kier molecular flexibility index (Phi) is 9.96. The first-order chi connectivity index (χ1) is 9.10. The molecule has 5 nitrogen and oxygen atoms in total. The van der Waals surface area contributed by atoms with Gasteiger partial charge >= 0.3 is 69.3 Å². The van der Waals surface area contributed by atoms with E-state index in [1.807, 2.05) is 6.92 Å². The molecule has 1 atom stereocenters. The van der Waals surface area contributed by atoms with Gasteiger partial charge in [0.1, 0.15) is 0 Å². The quantitative estimate of drug-likeness (QED) is 0.400. The number of carbonyl (C=O) groups is 3. The minimum Gasteiger partial charge on any atom is -1.00 e. The zero-order chi connectivity index (χ0) is 14.3. The van der Waals surface area contributed by atoms with Gasteiger partial charge in [0.05, 0.1) is 12.7 Å².